The van der Waals surface area contributed by atoms with Crippen molar-refractivity contribution in [1.82, 2.24) is 4.72 Å². The Morgan fingerprint density at radius 3 is 2.67 bits per heavy atom. The first-order valence-electron chi connectivity index (χ1n) is 5.49. The molecule has 0 amide bonds. The maximum absolute atomic E-state index is 11.5. The van der Waals surface area contributed by atoms with Gasteiger partial charge in [-0.2, -0.15) is 0 Å². The summed E-state index contributed by atoms with van der Waals surface area (Å²) in [5, 5.41) is 0. The van der Waals surface area contributed by atoms with Crippen LogP contribution in [0.3, 0.4) is 0 Å². The zero-order valence-corrected chi connectivity index (χ0v) is 11.1. The molecule has 0 radical (unpaired) electrons. The minimum Gasteiger partial charge on any atom is -0.490 e. The molecule has 0 aromatic heterocycles. The van der Waals surface area contributed by atoms with E-state index >= 15 is 0 Å². The molecule has 0 aliphatic rings. The van der Waals surface area contributed by atoms with E-state index in [2.05, 4.69) is 4.72 Å². The first-order valence-corrected chi connectivity index (χ1v) is 7.14. The van der Waals surface area contributed by atoms with Crippen molar-refractivity contribution >= 4 is 15.7 Å². The fraction of sp³-hybridized carbons (Fsp3) is 0.455. The van der Waals surface area contributed by atoms with Crippen LogP contribution in [0.25, 0.3) is 0 Å². The highest BCUT2D eigenvalue weighted by Crippen LogP contribution is 2.19. The third-order valence-corrected chi connectivity index (χ3v) is 3.50. The molecular weight excluding hydrogens is 256 g/mol. The number of rotatable bonds is 8. The lowest BCUT2D eigenvalue weighted by atomic mass is 10.3. The van der Waals surface area contributed by atoms with Crippen molar-refractivity contribution in [3.63, 3.8) is 0 Å². The fourth-order valence-corrected chi connectivity index (χ4v) is 2.09. The van der Waals surface area contributed by atoms with Crippen molar-refractivity contribution in [1.29, 1.82) is 0 Å². The van der Waals surface area contributed by atoms with E-state index in [1.54, 1.807) is 24.3 Å². The van der Waals surface area contributed by atoms with Gasteiger partial charge in [-0.1, -0.05) is 12.1 Å². The summed E-state index contributed by atoms with van der Waals surface area (Å²) in [6.07, 6.45) is 0. The Labute approximate surface area is 107 Å². The maximum atomic E-state index is 11.5. The van der Waals surface area contributed by atoms with Crippen molar-refractivity contribution < 1.29 is 17.9 Å². The number of hydrogen-bond acceptors (Lipinski definition) is 5. The molecule has 0 saturated carbocycles. The lowest BCUT2D eigenvalue weighted by Gasteiger charge is -2.09. The Kier molecular flexibility index (Phi) is 5.90. The van der Waals surface area contributed by atoms with Crippen molar-refractivity contribution in [3.8, 4) is 5.75 Å². The molecule has 3 N–H and O–H groups in total. The van der Waals surface area contributed by atoms with Gasteiger partial charge < -0.3 is 15.2 Å². The van der Waals surface area contributed by atoms with Crippen LogP contribution >= 0.6 is 0 Å². The monoisotopic (exact) mass is 274 g/mol. The van der Waals surface area contributed by atoms with Crippen molar-refractivity contribution in [3.05, 3.63) is 24.3 Å². The van der Waals surface area contributed by atoms with Gasteiger partial charge in [0.2, 0.25) is 10.0 Å². The third kappa shape index (κ3) is 5.35. The predicted octanol–water partition coefficient (Wildman–Crippen LogP) is 0.213. The number of ether oxygens (including phenoxy) is 2. The summed E-state index contributed by atoms with van der Waals surface area (Å²) >= 11 is 0. The van der Waals surface area contributed by atoms with Gasteiger partial charge in [0.1, 0.15) is 12.4 Å². The molecule has 7 heteroatoms. The number of nitrogens with one attached hydrogen (secondary N) is 1. The molecule has 18 heavy (non-hydrogen) atoms. The summed E-state index contributed by atoms with van der Waals surface area (Å²) in [7, 11) is -1.82. The molecule has 0 bridgehead atoms. The molecule has 6 nitrogen and oxygen atoms in total. The second-order valence-corrected chi connectivity index (χ2v) is 5.52. The number of hydrogen-bond donors (Lipinski definition) is 2. The number of nitrogens with two attached hydrogens (primary N) is 1. The van der Waals surface area contributed by atoms with Crippen LogP contribution < -0.4 is 15.2 Å². The standard InChI is InChI=1S/C11H18N2O4S/c1-16-7-6-13-18(14,15)9-8-17-11-5-3-2-4-10(11)12/h2-5,13H,6-9,12H2,1H3. The molecule has 1 rings (SSSR count). The second kappa shape index (κ2) is 7.20. The topological polar surface area (TPSA) is 90.6 Å². The second-order valence-electron chi connectivity index (χ2n) is 3.59. The number of sulfonamides is 1. The molecule has 0 saturated heterocycles. The van der Waals surface area contributed by atoms with Gasteiger partial charge in [0, 0.05) is 13.7 Å². The van der Waals surface area contributed by atoms with Gasteiger partial charge in [-0.3, -0.25) is 0 Å². The molecule has 0 spiro atoms. The summed E-state index contributed by atoms with van der Waals surface area (Å²) in [6.45, 7) is 0.647. The van der Waals surface area contributed by atoms with Gasteiger partial charge in [0.05, 0.1) is 18.0 Å². The van der Waals surface area contributed by atoms with E-state index < -0.39 is 10.0 Å². The summed E-state index contributed by atoms with van der Waals surface area (Å²) in [6, 6.07) is 6.95. The molecule has 0 fully saturated rings. The molecule has 1 aromatic rings. The molecule has 0 aliphatic heterocycles. The SMILES string of the molecule is COCCNS(=O)(=O)CCOc1ccccc1N. The first-order chi connectivity index (χ1) is 8.55. The average Bonchev–Trinajstić information content (AvgIpc) is 2.32. The van der Waals surface area contributed by atoms with Crippen molar-refractivity contribution in [2.24, 2.45) is 0 Å². The average molecular weight is 274 g/mol. The Balaban J connectivity index is 2.35. The van der Waals surface area contributed by atoms with Gasteiger partial charge in [0.15, 0.2) is 0 Å². The summed E-state index contributed by atoms with van der Waals surface area (Å²) in [5.74, 6) is 0.370. The van der Waals surface area contributed by atoms with Crippen molar-refractivity contribution in [2.75, 3.05) is 38.4 Å². The van der Waals surface area contributed by atoms with Crippen LogP contribution in [-0.2, 0) is 14.8 Å². The normalized spacial score (nSPS) is 11.4. The number of anilines is 1. The highest BCUT2D eigenvalue weighted by molar-refractivity contribution is 7.89. The predicted molar refractivity (Wildman–Crippen MR) is 70.0 cm³/mol. The third-order valence-electron chi connectivity index (χ3n) is 2.16. The van der Waals surface area contributed by atoms with Crippen molar-refractivity contribution in [2.45, 2.75) is 0 Å². The first kappa shape index (κ1) is 14.7. The molecule has 102 valence electrons. The Hall–Kier alpha value is -1.31. The fourth-order valence-electron chi connectivity index (χ4n) is 1.24. The zero-order valence-electron chi connectivity index (χ0n) is 10.3. The smallest absolute Gasteiger partial charge is 0.215 e. The Morgan fingerprint density at radius 1 is 1.28 bits per heavy atom. The van der Waals surface area contributed by atoms with Crippen LogP contribution in [0.1, 0.15) is 0 Å². The largest absolute Gasteiger partial charge is 0.490 e. The quantitative estimate of drug-likeness (QED) is 0.522. The maximum Gasteiger partial charge on any atom is 0.215 e. The Morgan fingerprint density at radius 2 is 2.00 bits per heavy atom. The van der Waals surface area contributed by atoms with E-state index in [-0.39, 0.29) is 18.9 Å². The molecular formula is C11H18N2O4S. The van der Waals surface area contributed by atoms with Gasteiger partial charge in [-0.05, 0) is 12.1 Å². The molecule has 0 unspecified atom stereocenters. The number of methoxy groups -OCH3 is 1. The zero-order chi connectivity index (χ0) is 13.4. The lowest BCUT2D eigenvalue weighted by molar-refractivity contribution is 0.204. The van der Waals surface area contributed by atoms with E-state index in [1.807, 2.05) is 0 Å². The van der Waals surface area contributed by atoms with E-state index in [4.69, 9.17) is 15.2 Å². The van der Waals surface area contributed by atoms with Crippen LogP contribution in [0.5, 0.6) is 5.75 Å². The summed E-state index contributed by atoms with van der Waals surface area (Å²) in [5.41, 5.74) is 6.15. The van der Waals surface area contributed by atoms with Crippen LogP contribution in [0.15, 0.2) is 24.3 Å². The summed E-state index contributed by atoms with van der Waals surface area (Å²) < 4.78 is 35.5. The number of nitrogen functional groups attached to an aromatic ring is 1. The number of benzene rings is 1. The highest BCUT2D eigenvalue weighted by atomic mass is 32.2. The van der Waals surface area contributed by atoms with Crippen LogP contribution in [-0.4, -0.2) is 41.0 Å². The Bertz CT molecular complexity index is 462. The molecule has 0 atom stereocenters. The van der Waals surface area contributed by atoms with E-state index in [9.17, 15) is 8.42 Å². The number of para-hydroxylation sites is 2. The molecule has 1 aromatic carbocycles. The van der Waals surface area contributed by atoms with Crippen LogP contribution in [0, 0.1) is 0 Å². The summed E-state index contributed by atoms with van der Waals surface area (Å²) in [4.78, 5) is 0. The van der Waals surface area contributed by atoms with E-state index in [0.29, 0.717) is 18.0 Å². The van der Waals surface area contributed by atoms with Gasteiger partial charge in [-0.15, -0.1) is 0 Å². The molecule has 0 aliphatic carbocycles. The van der Waals surface area contributed by atoms with E-state index in [0.717, 1.165) is 0 Å². The van der Waals surface area contributed by atoms with E-state index in [1.165, 1.54) is 7.11 Å². The van der Waals surface area contributed by atoms with Gasteiger partial charge in [0.25, 0.3) is 0 Å². The minimum atomic E-state index is -3.33. The molecule has 0 heterocycles. The highest BCUT2D eigenvalue weighted by Gasteiger charge is 2.10. The lowest BCUT2D eigenvalue weighted by Crippen LogP contribution is -2.31. The van der Waals surface area contributed by atoms with Crippen LogP contribution in [0.4, 0.5) is 5.69 Å². The van der Waals surface area contributed by atoms with Gasteiger partial charge >= 0.3 is 0 Å². The minimum absolute atomic E-state index is 0.0521. The van der Waals surface area contributed by atoms with Crippen LogP contribution in [0.2, 0.25) is 0 Å². The van der Waals surface area contributed by atoms with Gasteiger partial charge in [-0.25, -0.2) is 13.1 Å².